The number of pyridine rings is 1. The van der Waals surface area contributed by atoms with E-state index in [0.717, 1.165) is 5.56 Å². The van der Waals surface area contributed by atoms with Crippen LogP contribution in [0.2, 0.25) is 0 Å². The molecule has 1 aromatic carbocycles. The Morgan fingerprint density at radius 2 is 1.96 bits per heavy atom. The van der Waals surface area contributed by atoms with Crippen molar-refractivity contribution in [2.24, 2.45) is 0 Å². The van der Waals surface area contributed by atoms with Crippen LogP contribution in [0.1, 0.15) is 5.56 Å². The number of carbonyl (C=O) groups excluding carboxylic acids is 2. The molecule has 0 saturated heterocycles. The number of rotatable bonds is 4. The second-order valence-corrected chi connectivity index (χ2v) is 5.15. The number of fused-ring (bicyclic) bond motifs is 1. The highest BCUT2D eigenvalue weighted by Gasteiger charge is 2.12. The van der Waals surface area contributed by atoms with E-state index in [0.29, 0.717) is 11.5 Å². The van der Waals surface area contributed by atoms with Gasteiger partial charge in [0, 0.05) is 18.3 Å². The lowest BCUT2D eigenvalue weighted by Crippen LogP contribution is -2.43. The van der Waals surface area contributed by atoms with Crippen LogP contribution in [0.15, 0.2) is 53.5 Å². The van der Waals surface area contributed by atoms with Gasteiger partial charge in [-0.2, -0.15) is 0 Å². The maximum atomic E-state index is 11.7. The van der Waals surface area contributed by atoms with Gasteiger partial charge < -0.3 is 14.0 Å². The second kappa shape index (κ2) is 7.35. The van der Waals surface area contributed by atoms with Crippen LogP contribution in [0.3, 0.4) is 0 Å². The van der Waals surface area contributed by atoms with Gasteiger partial charge in [0.25, 0.3) is 17.4 Å². The van der Waals surface area contributed by atoms with Crippen LogP contribution in [0.5, 0.6) is 11.5 Å². The number of hydrogen-bond donors (Lipinski definition) is 2. The van der Waals surface area contributed by atoms with E-state index in [-0.39, 0.29) is 18.9 Å². The smallest absolute Gasteiger partial charge is 0.262 e. The minimum atomic E-state index is -0.516. The monoisotopic (exact) mass is 341 g/mol. The maximum absolute atomic E-state index is 11.7. The Bertz CT molecular complexity index is 888. The van der Waals surface area contributed by atoms with E-state index in [1.807, 2.05) is 0 Å². The molecular weight excluding hydrogens is 326 g/mol. The van der Waals surface area contributed by atoms with Gasteiger partial charge in [-0.3, -0.25) is 25.2 Å². The number of ether oxygens (including phenoxy) is 2. The molecule has 0 spiro atoms. The lowest BCUT2D eigenvalue weighted by molar-refractivity contribution is -0.127. The van der Waals surface area contributed by atoms with E-state index < -0.39 is 11.8 Å². The van der Waals surface area contributed by atoms with Gasteiger partial charge in [-0.25, -0.2) is 0 Å². The summed E-state index contributed by atoms with van der Waals surface area (Å²) in [6.45, 7) is -0.00858. The Morgan fingerprint density at radius 3 is 2.80 bits per heavy atom. The molecule has 1 aliphatic rings. The van der Waals surface area contributed by atoms with Crippen molar-refractivity contribution < 1.29 is 19.1 Å². The third-order valence-corrected chi connectivity index (χ3v) is 3.36. The van der Waals surface area contributed by atoms with Crippen molar-refractivity contribution in [1.29, 1.82) is 0 Å². The summed E-state index contributed by atoms with van der Waals surface area (Å²) in [6.07, 6.45) is 4.33. The number of amides is 2. The van der Waals surface area contributed by atoms with E-state index in [1.54, 1.807) is 36.4 Å². The number of carbonyl (C=O) groups is 2. The van der Waals surface area contributed by atoms with Gasteiger partial charge in [-0.1, -0.05) is 12.1 Å². The quantitative estimate of drug-likeness (QED) is 0.621. The molecule has 0 saturated carbocycles. The maximum Gasteiger partial charge on any atom is 0.262 e. The number of benzene rings is 1. The minimum Gasteiger partial charge on any atom is -0.454 e. The third kappa shape index (κ3) is 4.25. The van der Waals surface area contributed by atoms with Crippen LogP contribution >= 0.6 is 0 Å². The molecule has 2 N–H and O–H groups in total. The highest BCUT2D eigenvalue weighted by Crippen LogP contribution is 2.32. The van der Waals surface area contributed by atoms with Gasteiger partial charge in [-0.15, -0.1) is 0 Å². The number of hydrogen-bond acceptors (Lipinski definition) is 5. The summed E-state index contributed by atoms with van der Waals surface area (Å²) in [7, 11) is 0. The van der Waals surface area contributed by atoms with Crippen molar-refractivity contribution in [2.75, 3.05) is 6.79 Å². The number of nitrogens with zero attached hydrogens (tertiary/aromatic N) is 1. The van der Waals surface area contributed by atoms with E-state index in [4.69, 9.17) is 9.47 Å². The summed E-state index contributed by atoms with van der Waals surface area (Å²) in [4.78, 5) is 35.0. The van der Waals surface area contributed by atoms with Crippen molar-refractivity contribution in [3.63, 3.8) is 0 Å². The molecule has 0 bridgehead atoms. The van der Waals surface area contributed by atoms with Crippen LogP contribution in [-0.2, 0) is 16.1 Å². The molecule has 2 amide bonds. The summed E-state index contributed by atoms with van der Waals surface area (Å²) in [5.74, 6) is 0.249. The first-order chi connectivity index (χ1) is 12.1. The molecule has 8 nitrogen and oxygen atoms in total. The summed E-state index contributed by atoms with van der Waals surface area (Å²) in [6, 6.07) is 9.84. The third-order valence-electron chi connectivity index (χ3n) is 3.36. The molecule has 2 heterocycles. The first-order valence-corrected chi connectivity index (χ1v) is 7.44. The molecule has 1 aromatic heterocycles. The van der Waals surface area contributed by atoms with Gasteiger partial charge in [0.15, 0.2) is 11.5 Å². The van der Waals surface area contributed by atoms with Gasteiger partial charge >= 0.3 is 0 Å². The van der Waals surface area contributed by atoms with Crippen molar-refractivity contribution in [2.45, 2.75) is 6.54 Å². The predicted octanol–water partition coefficient (Wildman–Crippen LogP) is 0.438. The lowest BCUT2D eigenvalue weighted by atomic mass is 10.2. The number of nitrogens with one attached hydrogen (secondary N) is 2. The summed E-state index contributed by atoms with van der Waals surface area (Å²) in [5, 5.41) is 0. The van der Waals surface area contributed by atoms with Crippen LogP contribution in [-0.4, -0.2) is 23.2 Å². The molecule has 0 radical (unpaired) electrons. The Morgan fingerprint density at radius 1 is 1.12 bits per heavy atom. The predicted molar refractivity (Wildman–Crippen MR) is 88.6 cm³/mol. The molecular formula is C17H15N3O5. The van der Waals surface area contributed by atoms with Crippen LogP contribution in [0.4, 0.5) is 0 Å². The largest absolute Gasteiger partial charge is 0.454 e. The topological polar surface area (TPSA) is 98.7 Å². The van der Waals surface area contributed by atoms with Crippen molar-refractivity contribution in [3.8, 4) is 11.5 Å². The van der Waals surface area contributed by atoms with Gasteiger partial charge in [0.05, 0.1) is 0 Å². The Hall–Kier alpha value is -3.55. The molecule has 25 heavy (non-hydrogen) atoms. The van der Waals surface area contributed by atoms with Crippen LogP contribution in [0.25, 0.3) is 6.08 Å². The average Bonchev–Trinajstić information content (AvgIpc) is 3.08. The fourth-order valence-corrected chi connectivity index (χ4v) is 2.15. The lowest BCUT2D eigenvalue weighted by Gasteiger charge is -2.07. The van der Waals surface area contributed by atoms with E-state index in [9.17, 15) is 14.4 Å². The van der Waals surface area contributed by atoms with E-state index >= 15 is 0 Å². The standard InChI is InChI=1S/C17H15N3O5/c21-15(7-5-12-4-6-13-14(9-12)25-11-24-13)18-19-16(22)10-20-8-2-1-3-17(20)23/h1-9H,10-11H2,(H,18,21)(H,19,22)/b7-5+. The molecule has 0 unspecified atom stereocenters. The zero-order chi connectivity index (χ0) is 17.6. The molecule has 3 rings (SSSR count). The summed E-state index contributed by atoms with van der Waals surface area (Å²) < 4.78 is 11.7. The molecule has 2 aromatic rings. The van der Waals surface area contributed by atoms with Crippen molar-refractivity contribution in [3.05, 3.63) is 64.6 Å². The number of aromatic nitrogens is 1. The minimum absolute atomic E-state index is 0.180. The van der Waals surface area contributed by atoms with Gasteiger partial charge in [-0.05, 0) is 29.8 Å². The molecule has 0 aliphatic carbocycles. The summed E-state index contributed by atoms with van der Waals surface area (Å²) in [5.41, 5.74) is 4.94. The van der Waals surface area contributed by atoms with Crippen LogP contribution in [0, 0.1) is 0 Å². The average molecular weight is 341 g/mol. The first-order valence-electron chi connectivity index (χ1n) is 7.44. The fraction of sp³-hybridized carbons (Fsp3) is 0.118. The molecule has 0 fully saturated rings. The molecule has 1 aliphatic heterocycles. The van der Waals surface area contributed by atoms with Gasteiger partial charge in [0.1, 0.15) is 6.54 Å². The van der Waals surface area contributed by atoms with E-state index in [2.05, 4.69) is 10.9 Å². The van der Waals surface area contributed by atoms with Crippen molar-refractivity contribution in [1.82, 2.24) is 15.4 Å². The molecule has 128 valence electrons. The molecule has 0 atom stereocenters. The number of hydrazine groups is 1. The Labute approximate surface area is 142 Å². The fourth-order valence-electron chi connectivity index (χ4n) is 2.15. The second-order valence-electron chi connectivity index (χ2n) is 5.15. The Kier molecular flexibility index (Phi) is 4.79. The molecule has 8 heteroatoms. The first kappa shape index (κ1) is 16.3. The summed E-state index contributed by atoms with van der Waals surface area (Å²) >= 11 is 0. The van der Waals surface area contributed by atoms with Gasteiger partial charge in [0.2, 0.25) is 6.79 Å². The van der Waals surface area contributed by atoms with E-state index in [1.165, 1.54) is 22.9 Å². The Balaban J connectivity index is 1.50. The normalized spacial score (nSPS) is 12.2. The SMILES string of the molecule is O=C(/C=C/c1ccc2c(c1)OCO2)NNC(=O)Cn1ccccc1=O. The zero-order valence-electron chi connectivity index (χ0n) is 13.1. The highest BCUT2D eigenvalue weighted by atomic mass is 16.7. The van der Waals surface area contributed by atoms with Crippen molar-refractivity contribution >= 4 is 17.9 Å². The zero-order valence-corrected chi connectivity index (χ0v) is 13.1. The highest BCUT2D eigenvalue weighted by molar-refractivity contribution is 5.93. The van der Waals surface area contributed by atoms with Crippen LogP contribution < -0.4 is 25.9 Å².